The molecule has 14 atom stereocenters. The van der Waals surface area contributed by atoms with E-state index in [1.807, 2.05) is 0 Å². The molecular weight excluding hydrogens is 524 g/mol. The molecular formula is C33H56O8. The summed E-state index contributed by atoms with van der Waals surface area (Å²) in [6.07, 6.45) is 2.40. The zero-order valence-electron chi connectivity index (χ0n) is 25.8. The fourth-order valence-corrected chi connectivity index (χ4v) is 10.2. The van der Waals surface area contributed by atoms with Crippen LogP contribution in [0.25, 0.3) is 0 Å². The minimum absolute atomic E-state index is 0.0540. The highest BCUT2D eigenvalue weighted by molar-refractivity contribution is 5.31. The Morgan fingerprint density at radius 1 is 0.902 bits per heavy atom. The highest BCUT2D eigenvalue weighted by Crippen LogP contribution is 2.68. The van der Waals surface area contributed by atoms with Gasteiger partial charge in [0.15, 0.2) is 6.29 Å². The van der Waals surface area contributed by atoms with E-state index in [2.05, 4.69) is 34.6 Å². The minimum Gasteiger partial charge on any atom is -0.510 e. The van der Waals surface area contributed by atoms with Crippen molar-refractivity contribution in [3.8, 4) is 0 Å². The Morgan fingerprint density at radius 3 is 2.32 bits per heavy atom. The van der Waals surface area contributed by atoms with Gasteiger partial charge in [-0.1, -0.05) is 53.9 Å². The van der Waals surface area contributed by atoms with Gasteiger partial charge in [0.1, 0.15) is 36.3 Å². The second-order valence-electron chi connectivity index (χ2n) is 15.2. The third-order valence-electron chi connectivity index (χ3n) is 12.6. The predicted molar refractivity (Wildman–Crippen MR) is 155 cm³/mol. The van der Waals surface area contributed by atoms with Crippen LogP contribution in [0.1, 0.15) is 98.8 Å². The van der Waals surface area contributed by atoms with Crippen molar-refractivity contribution in [2.24, 2.45) is 46.3 Å². The molecule has 0 radical (unpaired) electrons. The maximum absolute atomic E-state index is 11.7. The lowest BCUT2D eigenvalue weighted by atomic mass is 9.46. The van der Waals surface area contributed by atoms with Crippen molar-refractivity contribution in [1.82, 2.24) is 0 Å². The lowest BCUT2D eigenvalue weighted by Crippen LogP contribution is -2.60. The van der Waals surface area contributed by atoms with Crippen molar-refractivity contribution in [1.29, 1.82) is 0 Å². The van der Waals surface area contributed by atoms with Gasteiger partial charge in [-0.3, -0.25) is 0 Å². The molecule has 8 heteroatoms. The smallest absolute Gasteiger partial charge is 0.186 e. The van der Waals surface area contributed by atoms with Crippen LogP contribution < -0.4 is 0 Å². The van der Waals surface area contributed by atoms with Crippen LogP contribution in [0.2, 0.25) is 0 Å². The van der Waals surface area contributed by atoms with Gasteiger partial charge in [-0.15, -0.1) is 0 Å². The standard InChI is InChI=1S/C33H56O8/c1-17(2)7-6-8-18(3)20-9-10-21-25-22(12-14-32(20,21)4)33(5)13-11-19(15-23(33)26(35)28(25)37)40-31-30(39)29(38)27(36)24(16-34)41-31/h17-22,24-25,27-31,34-39H,6-16H2,1-5H3/t18-,19+,20-,21+,22+,24-,25+,27+,28?,29-,30-,31+,32-,33-/m1/s1. The Morgan fingerprint density at radius 2 is 1.63 bits per heavy atom. The van der Waals surface area contributed by atoms with Crippen LogP contribution in [0, 0.1) is 46.3 Å². The summed E-state index contributed by atoms with van der Waals surface area (Å²) in [5.74, 6) is 2.93. The quantitative estimate of drug-likeness (QED) is 0.253. The summed E-state index contributed by atoms with van der Waals surface area (Å²) < 4.78 is 11.7. The largest absolute Gasteiger partial charge is 0.510 e. The molecule has 1 aliphatic heterocycles. The third-order valence-corrected chi connectivity index (χ3v) is 12.6. The summed E-state index contributed by atoms with van der Waals surface area (Å²) in [6, 6.07) is 0. The third kappa shape index (κ3) is 5.42. The second-order valence-corrected chi connectivity index (χ2v) is 15.2. The first-order valence-electron chi connectivity index (χ1n) is 16.4. The highest BCUT2D eigenvalue weighted by atomic mass is 16.7. The molecule has 4 fully saturated rings. The molecule has 6 N–H and O–H groups in total. The number of ether oxygens (including phenoxy) is 2. The Kier molecular flexibility index (Phi) is 9.26. The van der Waals surface area contributed by atoms with E-state index in [1.165, 1.54) is 32.1 Å². The molecule has 8 nitrogen and oxygen atoms in total. The van der Waals surface area contributed by atoms with Crippen LogP contribution in [-0.2, 0) is 9.47 Å². The summed E-state index contributed by atoms with van der Waals surface area (Å²) in [5.41, 5.74) is 0.815. The summed E-state index contributed by atoms with van der Waals surface area (Å²) >= 11 is 0. The van der Waals surface area contributed by atoms with Crippen molar-refractivity contribution in [2.75, 3.05) is 6.61 Å². The number of aliphatic hydroxyl groups is 6. The predicted octanol–water partition coefficient (Wildman–Crippen LogP) is 4.07. The van der Waals surface area contributed by atoms with Gasteiger partial charge in [0.05, 0.1) is 12.7 Å². The van der Waals surface area contributed by atoms with Crippen molar-refractivity contribution >= 4 is 0 Å². The van der Waals surface area contributed by atoms with Crippen LogP contribution >= 0.6 is 0 Å². The van der Waals surface area contributed by atoms with Crippen molar-refractivity contribution in [3.05, 3.63) is 11.3 Å². The van der Waals surface area contributed by atoms with Gasteiger partial charge in [0.25, 0.3) is 0 Å². The molecule has 236 valence electrons. The molecule has 1 saturated heterocycles. The summed E-state index contributed by atoms with van der Waals surface area (Å²) in [6.45, 7) is 11.3. The monoisotopic (exact) mass is 580 g/mol. The summed E-state index contributed by atoms with van der Waals surface area (Å²) in [4.78, 5) is 0. The van der Waals surface area contributed by atoms with Gasteiger partial charge in [0.2, 0.25) is 0 Å². The molecule has 3 saturated carbocycles. The maximum atomic E-state index is 11.7. The van der Waals surface area contributed by atoms with E-state index in [0.29, 0.717) is 36.5 Å². The molecule has 0 aromatic rings. The first kappa shape index (κ1) is 31.7. The Labute approximate surface area is 246 Å². The molecule has 0 aromatic carbocycles. The second kappa shape index (κ2) is 12.0. The molecule has 0 bridgehead atoms. The van der Waals surface area contributed by atoms with Crippen LogP contribution in [0.15, 0.2) is 11.3 Å². The molecule has 4 aliphatic carbocycles. The van der Waals surface area contributed by atoms with E-state index in [9.17, 15) is 30.6 Å². The van der Waals surface area contributed by atoms with Gasteiger partial charge in [-0.2, -0.15) is 0 Å². The Balaban J connectivity index is 1.31. The average Bonchev–Trinajstić information content (AvgIpc) is 3.29. The van der Waals surface area contributed by atoms with Crippen LogP contribution in [0.4, 0.5) is 0 Å². The van der Waals surface area contributed by atoms with Crippen molar-refractivity contribution in [2.45, 2.75) is 142 Å². The Bertz CT molecular complexity index is 952. The highest BCUT2D eigenvalue weighted by Gasteiger charge is 2.63. The number of fused-ring (bicyclic) bond motifs is 5. The topological polar surface area (TPSA) is 140 Å². The minimum atomic E-state index is -1.49. The summed E-state index contributed by atoms with van der Waals surface area (Å²) in [7, 11) is 0. The van der Waals surface area contributed by atoms with Crippen molar-refractivity contribution in [3.63, 3.8) is 0 Å². The van der Waals surface area contributed by atoms with Gasteiger partial charge in [-0.25, -0.2) is 0 Å². The maximum Gasteiger partial charge on any atom is 0.186 e. The lowest BCUT2D eigenvalue weighted by molar-refractivity contribution is -0.313. The van der Waals surface area contributed by atoms with Crippen LogP contribution in [0.3, 0.4) is 0 Å². The fourth-order valence-electron chi connectivity index (χ4n) is 10.2. The normalized spacial score (nSPS) is 49.0. The first-order valence-corrected chi connectivity index (χ1v) is 16.4. The van der Waals surface area contributed by atoms with Gasteiger partial charge >= 0.3 is 0 Å². The van der Waals surface area contributed by atoms with E-state index in [0.717, 1.165) is 30.8 Å². The Hall–Kier alpha value is -0.740. The first-order chi connectivity index (χ1) is 19.3. The molecule has 41 heavy (non-hydrogen) atoms. The molecule has 5 rings (SSSR count). The lowest BCUT2D eigenvalue weighted by Gasteiger charge is -2.60. The van der Waals surface area contributed by atoms with Crippen molar-refractivity contribution < 1.29 is 40.1 Å². The molecule has 5 aliphatic rings. The average molecular weight is 581 g/mol. The van der Waals surface area contributed by atoms with Gasteiger partial charge < -0.3 is 40.1 Å². The molecule has 0 spiro atoms. The zero-order chi connectivity index (χ0) is 29.9. The molecule has 0 aromatic heterocycles. The summed E-state index contributed by atoms with van der Waals surface area (Å²) in [5, 5.41) is 63.6. The van der Waals surface area contributed by atoms with Gasteiger partial charge in [-0.05, 0) is 96.9 Å². The number of rotatable bonds is 8. The molecule has 1 heterocycles. The fraction of sp³-hybridized carbons (Fsp3) is 0.939. The number of hydrogen-bond donors (Lipinski definition) is 6. The van der Waals surface area contributed by atoms with E-state index in [-0.39, 0.29) is 28.6 Å². The zero-order valence-corrected chi connectivity index (χ0v) is 25.8. The number of hydrogen-bond acceptors (Lipinski definition) is 8. The van der Waals surface area contributed by atoms with E-state index in [1.54, 1.807) is 0 Å². The molecule has 1 unspecified atom stereocenters. The van der Waals surface area contributed by atoms with E-state index >= 15 is 0 Å². The van der Waals surface area contributed by atoms with E-state index < -0.39 is 43.4 Å². The molecule has 0 amide bonds. The van der Waals surface area contributed by atoms with E-state index in [4.69, 9.17) is 9.47 Å². The van der Waals surface area contributed by atoms with Crippen LogP contribution in [-0.4, -0.2) is 80.2 Å². The van der Waals surface area contributed by atoms with Crippen LogP contribution in [0.5, 0.6) is 0 Å². The number of aliphatic hydroxyl groups excluding tert-OH is 6. The SMILES string of the molecule is CC(C)CCC[C@@H](C)[C@H]1CC[C@H]2[C@@H]3C(O)C(O)=C4C[C@@H](O[C@H]5O[C@H](CO)[C@H](O)[C@@H](O)[C@H]5O)CC[C@]4(C)[C@H]3CC[C@]12C. The van der Waals surface area contributed by atoms with Gasteiger partial charge in [0, 0.05) is 0 Å².